The Morgan fingerprint density at radius 1 is 0.900 bits per heavy atom. The Labute approximate surface area is 244 Å². The van der Waals surface area contributed by atoms with Crippen molar-refractivity contribution in [2.45, 2.75) is 138 Å². The van der Waals surface area contributed by atoms with Gasteiger partial charge in [0.1, 0.15) is 17.7 Å². The Bertz CT molecular complexity index is 923. The molecule has 1 aromatic carbocycles. The molecule has 0 fully saturated rings. The van der Waals surface area contributed by atoms with Crippen molar-refractivity contribution < 1.29 is 19.1 Å². The molecule has 0 bridgehead atoms. The average molecular weight is 560 g/mol. The number of aryl methyl sites for hydroxylation is 1. The van der Waals surface area contributed by atoms with Crippen LogP contribution < -0.4 is 10.6 Å². The summed E-state index contributed by atoms with van der Waals surface area (Å²) in [4.78, 5) is 42.7. The van der Waals surface area contributed by atoms with E-state index in [-0.39, 0.29) is 17.7 Å². The molecular formula is C33H57N3O4. The largest absolute Gasteiger partial charge is 0.444 e. The SMILES string of the molecule is CCCCCCCCN(C(=O)C(NC(=O)OC(C)(C)C)C(C)C)C(C(=O)NCCCCC)c1cccc(C)c1C. The van der Waals surface area contributed by atoms with Crippen molar-refractivity contribution in [2.75, 3.05) is 13.1 Å². The molecule has 7 heteroatoms. The minimum atomic E-state index is -0.824. The van der Waals surface area contributed by atoms with E-state index in [0.29, 0.717) is 13.1 Å². The van der Waals surface area contributed by atoms with Gasteiger partial charge in [0.15, 0.2) is 0 Å². The van der Waals surface area contributed by atoms with Crippen molar-refractivity contribution in [3.05, 3.63) is 34.9 Å². The van der Waals surface area contributed by atoms with Crippen LogP contribution in [0.3, 0.4) is 0 Å². The summed E-state index contributed by atoms with van der Waals surface area (Å²) in [6, 6.07) is 4.31. The summed E-state index contributed by atoms with van der Waals surface area (Å²) in [5.74, 6) is -0.633. The monoisotopic (exact) mass is 559 g/mol. The van der Waals surface area contributed by atoms with Crippen molar-refractivity contribution in [1.29, 1.82) is 0 Å². The lowest BCUT2D eigenvalue weighted by atomic mass is 9.93. The van der Waals surface area contributed by atoms with Gasteiger partial charge in [-0.3, -0.25) is 9.59 Å². The molecule has 0 saturated carbocycles. The number of amides is 3. The Kier molecular flexibility index (Phi) is 15.9. The minimum absolute atomic E-state index is 0.177. The molecule has 0 aliphatic heterocycles. The highest BCUT2D eigenvalue weighted by molar-refractivity contribution is 5.92. The number of carbonyl (C=O) groups is 3. The number of ether oxygens (including phenoxy) is 1. The van der Waals surface area contributed by atoms with Crippen molar-refractivity contribution >= 4 is 17.9 Å². The number of hydrogen-bond donors (Lipinski definition) is 2. The number of nitrogens with zero attached hydrogens (tertiary/aromatic N) is 1. The van der Waals surface area contributed by atoms with E-state index in [9.17, 15) is 14.4 Å². The molecule has 0 saturated heterocycles. The van der Waals surface area contributed by atoms with Crippen LogP contribution >= 0.6 is 0 Å². The second kappa shape index (κ2) is 18.0. The highest BCUT2D eigenvalue weighted by Gasteiger charge is 2.37. The van der Waals surface area contributed by atoms with Crippen LogP contribution in [0.25, 0.3) is 0 Å². The molecule has 40 heavy (non-hydrogen) atoms. The van der Waals surface area contributed by atoms with E-state index >= 15 is 0 Å². The fourth-order valence-corrected chi connectivity index (χ4v) is 4.76. The van der Waals surface area contributed by atoms with E-state index in [1.54, 1.807) is 25.7 Å². The zero-order valence-corrected chi connectivity index (χ0v) is 26.8. The van der Waals surface area contributed by atoms with Gasteiger partial charge >= 0.3 is 6.09 Å². The number of carbonyl (C=O) groups excluding carboxylic acids is 3. The van der Waals surface area contributed by atoms with Crippen LogP contribution in [-0.2, 0) is 14.3 Å². The van der Waals surface area contributed by atoms with Gasteiger partial charge in [0.05, 0.1) is 0 Å². The van der Waals surface area contributed by atoms with E-state index < -0.39 is 23.8 Å². The van der Waals surface area contributed by atoms with Gasteiger partial charge in [0.25, 0.3) is 0 Å². The molecule has 2 atom stereocenters. The fraction of sp³-hybridized carbons (Fsp3) is 0.727. The predicted octanol–water partition coefficient (Wildman–Crippen LogP) is 7.39. The first-order chi connectivity index (χ1) is 18.8. The van der Waals surface area contributed by atoms with E-state index in [4.69, 9.17) is 4.74 Å². The summed E-state index contributed by atoms with van der Waals surface area (Å²) < 4.78 is 5.49. The van der Waals surface area contributed by atoms with Gasteiger partial charge in [-0.15, -0.1) is 0 Å². The molecule has 2 unspecified atom stereocenters. The average Bonchev–Trinajstić information content (AvgIpc) is 2.87. The molecule has 0 radical (unpaired) electrons. The maximum Gasteiger partial charge on any atom is 0.408 e. The molecule has 0 aliphatic rings. The van der Waals surface area contributed by atoms with E-state index in [1.165, 1.54) is 12.8 Å². The van der Waals surface area contributed by atoms with Crippen LogP contribution in [0.5, 0.6) is 0 Å². The first-order valence-electron chi connectivity index (χ1n) is 15.5. The summed E-state index contributed by atoms with van der Waals surface area (Å²) >= 11 is 0. The molecule has 3 amide bonds. The van der Waals surface area contributed by atoms with Gasteiger partial charge in [-0.2, -0.15) is 0 Å². The lowest BCUT2D eigenvalue weighted by molar-refractivity contribution is -0.143. The van der Waals surface area contributed by atoms with Gasteiger partial charge in [-0.25, -0.2) is 4.79 Å². The molecule has 0 heterocycles. The molecule has 1 aromatic rings. The Morgan fingerprint density at radius 2 is 1.50 bits per heavy atom. The second-order valence-electron chi connectivity index (χ2n) is 12.4. The standard InChI is InChI=1S/C33H57N3O4/c1-10-12-14-15-16-18-23-36(31(38)28(24(3)4)35-32(39)40-33(7,8)9)29(30(37)34-22-17-13-11-2)27-21-19-20-25(5)26(27)6/h19-21,24,28-29H,10-18,22-23H2,1-9H3,(H,34,37)(H,35,39). The van der Waals surface area contributed by atoms with Crippen LogP contribution in [0.2, 0.25) is 0 Å². The first kappa shape index (κ1) is 35.5. The number of nitrogens with one attached hydrogen (secondary N) is 2. The van der Waals surface area contributed by atoms with Gasteiger partial charge < -0.3 is 20.3 Å². The van der Waals surface area contributed by atoms with Gasteiger partial charge in [-0.1, -0.05) is 90.8 Å². The zero-order valence-electron chi connectivity index (χ0n) is 26.8. The second-order valence-corrected chi connectivity index (χ2v) is 12.4. The Balaban J connectivity index is 3.45. The highest BCUT2D eigenvalue weighted by atomic mass is 16.6. The summed E-state index contributed by atoms with van der Waals surface area (Å²) in [5.41, 5.74) is 2.21. The first-order valence-corrected chi connectivity index (χ1v) is 15.5. The summed E-state index contributed by atoms with van der Waals surface area (Å²) in [6.45, 7) is 18.5. The van der Waals surface area contributed by atoms with Crippen LogP contribution in [0.15, 0.2) is 18.2 Å². The zero-order chi connectivity index (χ0) is 30.3. The molecule has 0 aromatic heterocycles. The smallest absolute Gasteiger partial charge is 0.408 e. The number of benzene rings is 1. The number of rotatable bonds is 17. The predicted molar refractivity (Wildman–Crippen MR) is 164 cm³/mol. The number of hydrogen-bond acceptors (Lipinski definition) is 4. The Morgan fingerprint density at radius 3 is 2.10 bits per heavy atom. The van der Waals surface area contributed by atoms with Crippen molar-refractivity contribution in [1.82, 2.24) is 15.5 Å². The lowest BCUT2D eigenvalue weighted by Crippen LogP contribution is -2.55. The van der Waals surface area contributed by atoms with Gasteiger partial charge in [0.2, 0.25) is 11.8 Å². The maximum absolute atomic E-state index is 14.3. The molecule has 7 nitrogen and oxygen atoms in total. The van der Waals surface area contributed by atoms with Crippen molar-refractivity contribution in [3.63, 3.8) is 0 Å². The fourth-order valence-electron chi connectivity index (χ4n) is 4.76. The molecule has 228 valence electrons. The Hall–Kier alpha value is -2.57. The molecular weight excluding hydrogens is 502 g/mol. The number of unbranched alkanes of at least 4 members (excludes halogenated alkanes) is 7. The van der Waals surface area contributed by atoms with E-state index in [0.717, 1.165) is 61.6 Å². The lowest BCUT2D eigenvalue weighted by Gasteiger charge is -2.36. The highest BCUT2D eigenvalue weighted by Crippen LogP contribution is 2.29. The third-order valence-electron chi connectivity index (χ3n) is 7.22. The summed E-state index contributed by atoms with van der Waals surface area (Å²) in [7, 11) is 0. The number of alkyl carbamates (subject to hydrolysis) is 1. The normalized spacial score (nSPS) is 13.1. The van der Waals surface area contributed by atoms with Crippen LogP contribution in [-0.4, -0.2) is 47.5 Å². The van der Waals surface area contributed by atoms with E-state index in [1.807, 2.05) is 45.9 Å². The van der Waals surface area contributed by atoms with E-state index in [2.05, 4.69) is 24.5 Å². The molecule has 1 rings (SSSR count). The topological polar surface area (TPSA) is 87.7 Å². The van der Waals surface area contributed by atoms with Gasteiger partial charge in [0, 0.05) is 13.1 Å². The maximum atomic E-state index is 14.3. The van der Waals surface area contributed by atoms with Crippen LogP contribution in [0, 0.1) is 19.8 Å². The quantitative estimate of drug-likeness (QED) is 0.195. The molecule has 2 N–H and O–H groups in total. The summed E-state index contributed by atoms with van der Waals surface area (Å²) in [6.07, 6.45) is 8.75. The molecule has 0 spiro atoms. The van der Waals surface area contributed by atoms with Gasteiger partial charge in [-0.05, 0) is 70.1 Å². The van der Waals surface area contributed by atoms with Crippen LogP contribution in [0.4, 0.5) is 4.79 Å². The van der Waals surface area contributed by atoms with Crippen LogP contribution in [0.1, 0.15) is 129 Å². The summed E-state index contributed by atoms with van der Waals surface area (Å²) in [5, 5.41) is 5.93. The van der Waals surface area contributed by atoms with Crippen molar-refractivity contribution in [2.24, 2.45) is 5.92 Å². The minimum Gasteiger partial charge on any atom is -0.444 e. The van der Waals surface area contributed by atoms with Crippen molar-refractivity contribution in [3.8, 4) is 0 Å². The third kappa shape index (κ3) is 12.3. The molecule has 0 aliphatic carbocycles. The third-order valence-corrected chi connectivity index (χ3v) is 7.22.